The van der Waals surface area contributed by atoms with E-state index in [1.165, 1.54) is 5.56 Å². The molecule has 0 aliphatic carbocycles. The largest absolute Gasteiger partial charge is 0.489 e. The van der Waals surface area contributed by atoms with Crippen LogP contribution in [0.2, 0.25) is 0 Å². The Morgan fingerprint density at radius 3 is 2.63 bits per heavy atom. The summed E-state index contributed by atoms with van der Waals surface area (Å²) in [6.45, 7) is 8.08. The maximum absolute atomic E-state index is 12.5. The van der Waals surface area contributed by atoms with Gasteiger partial charge in [-0.25, -0.2) is 0 Å². The van der Waals surface area contributed by atoms with E-state index in [9.17, 15) is 4.79 Å². The van der Waals surface area contributed by atoms with E-state index in [2.05, 4.69) is 52.3 Å². The first-order chi connectivity index (χ1) is 14.4. The number of nitrogens with one attached hydrogen (secondary N) is 1. The Morgan fingerprint density at radius 2 is 1.97 bits per heavy atom. The summed E-state index contributed by atoms with van der Waals surface area (Å²) in [6.07, 6.45) is 2.77. The number of carbonyl (C=O) groups excluding carboxylic acids is 1. The summed E-state index contributed by atoms with van der Waals surface area (Å²) >= 11 is 3.46. The topological polar surface area (TPSA) is 56.2 Å². The van der Waals surface area contributed by atoms with Gasteiger partial charge in [-0.3, -0.25) is 9.48 Å². The van der Waals surface area contributed by atoms with Crippen molar-refractivity contribution in [3.8, 4) is 5.75 Å². The minimum absolute atomic E-state index is 0.0732. The molecule has 1 N–H and O–H groups in total. The predicted molar refractivity (Wildman–Crippen MR) is 123 cm³/mol. The van der Waals surface area contributed by atoms with Crippen LogP contribution in [0.5, 0.6) is 5.75 Å². The summed E-state index contributed by atoms with van der Waals surface area (Å²) in [4.78, 5) is 12.5. The summed E-state index contributed by atoms with van der Waals surface area (Å²) < 4.78 is 8.76. The van der Waals surface area contributed by atoms with Crippen molar-refractivity contribution in [2.75, 3.05) is 6.54 Å². The average Bonchev–Trinajstić information content (AvgIpc) is 3.07. The molecule has 0 aliphatic rings. The number of aromatic nitrogens is 2. The van der Waals surface area contributed by atoms with E-state index in [0.29, 0.717) is 24.6 Å². The number of amides is 1. The average molecular weight is 470 g/mol. The molecule has 0 bridgehead atoms. The van der Waals surface area contributed by atoms with Crippen LogP contribution in [0.15, 0.2) is 59.2 Å². The maximum Gasteiger partial charge on any atom is 0.251 e. The Bertz CT molecular complexity index is 961. The Labute approximate surface area is 186 Å². The lowest BCUT2D eigenvalue weighted by Gasteiger charge is -2.10. The molecule has 30 heavy (non-hydrogen) atoms. The van der Waals surface area contributed by atoms with E-state index in [0.717, 1.165) is 34.4 Å². The molecule has 1 amide bonds. The van der Waals surface area contributed by atoms with Crippen LogP contribution in [-0.2, 0) is 13.2 Å². The van der Waals surface area contributed by atoms with E-state index in [1.807, 2.05) is 54.2 Å². The Morgan fingerprint density at radius 1 is 1.20 bits per heavy atom. The zero-order valence-electron chi connectivity index (χ0n) is 17.7. The van der Waals surface area contributed by atoms with E-state index in [1.54, 1.807) is 0 Å². The summed E-state index contributed by atoms with van der Waals surface area (Å²) in [6, 6.07) is 15.7. The Hall–Kier alpha value is -2.60. The fraction of sp³-hybridized carbons (Fsp3) is 0.333. The molecular weight excluding hydrogens is 442 g/mol. The lowest BCUT2D eigenvalue weighted by molar-refractivity contribution is 0.0952. The van der Waals surface area contributed by atoms with Crippen LogP contribution in [0.3, 0.4) is 0 Å². The Balaban J connectivity index is 1.47. The van der Waals surface area contributed by atoms with E-state index in [4.69, 9.17) is 4.74 Å². The van der Waals surface area contributed by atoms with Crippen molar-refractivity contribution < 1.29 is 9.53 Å². The van der Waals surface area contributed by atoms with Gasteiger partial charge >= 0.3 is 0 Å². The van der Waals surface area contributed by atoms with Crippen LogP contribution in [0.1, 0.15) is 53.4 Å². The molecule has 158 valence electrons. The van der Waals surface area contributed by atoms with Crippen LogP contribution >= 0.6 is 15.9 Å². The van der Waals surface area contributed by atoms with Gasteiger partial charge in [0, 0.05) is 24.8 Å². The van der Waals surface area contributed by atoms with E-state index >= 15 is 0 Å². The van der Waals surface area contributed by atoms with Gasteiger partial charge in [-0.05, 0) is 70.6 Å². The monoisotopic (exact) mass is 469 g/mol. The third-order valence-corrected chi connectivity index (χ3v) is 5.66. The summed E-state index contributed by atoms with van der Waals surface area (Å²) in [5.41, 5.74) is 3.86. The normalized spacial score (nSPS) is 11.0. The third kappa shape index (κ3) is 6.20. The van der Waals surface area contributed by atoms with E-state index in [-0.39, 0.29) is 5.91 Å². The van der Waals surface area contributed by atoms with Gasteiger partial charge in [-0.15, -0.1) is 0 Å². The van der Waals surface area contributed by atoms with Gasteiger partial charge in [0.1, 0.15) is 12.4 Å². The smallest absolute Gasteiger partial charge is 0.251 e. The van der Waals surface area contributed by atoms with Gasteiger partial charge in [0.15, 0.2) is 0 Å². The molecule has 6 heteroatoms. The molecule has 1 heterocycles. The van der Waals surface area contributed by atoms with Crippen LogP contribution < -0.4 is 10.1 Å². The number of carbonyl (C=O) groups is 1. The number of aryl methyl sites for hydroxylation is 2. The van der Waals surface area contributed by atoms with Gasteiger partial charge in [-0.1, -0.05) is 38.1 Å². The highest BCUT2D eigenvalue weighted by atomic mass is 79.9. The van der Waals surface area contributed by atoms with Crippen molar-refractivity contribution in [1.82, 2.24) is 15.1 Å². The van der Waals surface area contributed by atoms with Crippen molar-refractivity contribution in [2.45, 2.75) is 46.3 Å². The zero-order valence-corrected chi connectivity index (χ0v) is 19.3. The highest BCUT2D eigenvalue weighted by Crippen LogP contribution is 2.19. The molecule has 0 aliphatic heterocycles. The number of ether oxygens (including phenoxy) is 1. The standard InChI is InChI=1S/C24H28BrN3O2/c1-17(2)20-8-10-22(11-9-20)30-16-19-6-4-7-21(14-19)24(29)26-12-5-13-28-15-23(25)18(3)27-28/h4,6-11,14-15,17H,5,12-13,16H2,1-3H3,(H,26,29). The number of rotatable bonds is 9. The lowest BCUT2D eigenvalue weighted by atomic mass is 10.0. The molecule has 1 aromatic heterocycles. The van der Waals surface area contributed by atoms with Crippen molar-refractivity contribution in [3.63, 3.8) is 0 Å². The lowest BCUT2D eigenvalue weighted by Crippen LogP contribution is -2.25. The predicted octanol–water partition coefficient (Wildman–Crippen LogP) is 5.48. The van der Waals surface area contributed by atoms with Crippen LogP contribution in [0, 0.1) is 6.92 Å². The number of benzene rings is 2. The van der Waals surface area contributed by atoms with Gasteiger partial charge < -0.3 is 10.1 Å². The number of hydrogen-bond donors (Lipinski definition) is 1. The molecule has 0 fully saturated rings. The second-order valence-corrected chi connectivity index (χ2v) is 8.50. The molecular formula is C24H28BrN3O2. The first-order valence-corrected chi connectivity index (χ1v) is 11.0. The quantitative estimate of drug-likeness (QED) is 0.422. The second-order valence-electron chi connectivity index (χ2n) is 7.65. The minimum atomic E-state index is -0.0732. The number of halogens is 1. The first-order valence-electron chi connectivity index (χ1n) is 10.2. The molecule has 5 nitrogen and oxygen atoms in total. The summed E-state index contributed by atoms with van der Waals surface area (Å²) in [5, 5.41) is 7.37. The van der Waals surface area contributed by atoms with Gasteiger partial charge in [0.05, 0.1) is 10.2 Å². The second kappa shape index (κ2) is 10.4. The van der Waals surface area contributed by atoms with E-state index < -0.39 is 0 Å². The molecule has 0 radical (unpaired) electrons. The van der Waals surface area contributed by atoms with Crippen LogP contribution in [0.4, 0.5) is 0 Å². The molecule has 0 saturated heterocycles. The fourth-order valence-electron chi connectivity index (χ4n) is 3.07. The maximum atomic E-state index is 12.5. The third-order valence-electron chi connectivity index (χ3n) is 4.88. The number of nitrogens with zero attached hydrogens (tertiary/aromatic N) is 2. The van der Waals surface area contributed by atoms with Crippen LogP contribution in [0.25, 0.3) is 0 Å². The van der Waals surface area contributed by atoms with Gasteiger partial charge in [0.2, 0.25) is 0 Å². The van der Waals surface area contributed by atoms with Crippen molar-refractivity contribution in [2.24, 2.45) is 0 Å². The molecule has 0 atom stereocenters. The van der Waals surface area contributed by atoms with Crippen molar-refractivity contribution in [1.29, 1.82) is 0 Å². The first kappa shape index (κ1) is 22.1. The molecule has 0 spiro atoms. The zero-order chi connectivity index (χ0) is 21.5. The molecule has 3 rings (SSSR count). The van der Waals surface area contributed by atoms with Crippen LogP contribution in [-0.4, -0.2) is 22.2 Å². The molecule has 0 unspecified atom stereocenters. The van der Waals surface area contributed by atoms with Crippen molar-refractivity contribution in [3.05, 3.63) is 81.6 Å². The molecule has 3 aromatic rings. The molecule has 0 saturated carbocycles. The minimum Gasteiger partial charge on any atom is -0.489 e. The highest BCUT2D eigenvalue weighted by molar-refractivity contribution is 9.10. The highest BCUT2D eigenvalue weighted by Gasteiger charge is 2.07. The summed E-state index contributed by atoms with van der Waals surface area (Å²) in [5.74, 6) is 1.26. The Kier molecular flexibility index (Phi) is 7.69. The summed E-state index contributed by atoms with van der Waals surface area (Å²) in [7, 11) is 0. The van der Waals surface area contributed by atoms with Gasteiger partial charge in [-0.2, -0.15) is 5.10 Å². The fourth-order valence-corrected chi connectivity index (χ4v) is 3.39. The van der Waals surface area contributed by atoms with Gasteiger partial charge in [0.25, 0.3) is 5.91 Å². The van der Waals surface area contributed by atoms with Crippen molar-refractivity contribution >= 4 is 21.8 Å². The SMILES string of the molecule is Cc1nn(CCCNC(=O)c2cccc(COc3ccc(C(C)C)cc3)c2)cc1Br. The molecule has 2 aromatic carbocycles. The number of hydrogen-bond acceptors (Lipinski definition) is 3.